The van der Waals surface area contributed by atoms with E-state index in [0.29, 0.717) is 25.9 Å². The number of ether oxygens (including phenoxy) is 4. The van der Waals surface area contributed by atoms with E-state index in [0.717, 1.165) is 0 Å². The van der Waals surface area contributed by atoms with Crippen LogP contribution < -0.4 is 0 Å². The van der Waals surface area contributed by atoms with E-state index in [4.69, 9.17) is 24.1 Å². The van der Waals surface area contributed by atoms with Gasteiger partial charge in [0, 0.05) is 13.2 Å². The Morgan fingerprint density at radius 2 is 1.74 bits per heavy atom. The van der Waals surface area contributed by atoms with Crippen LogP contribution in [0.5, 0.6) is 0 Å². The molecule has 2 fully saturated rings. The van der Waals surface area contributed by atoms with Crippen LogP contribution in [0.2, 0.25) is 0 Å². The van der Waals surface area contributed by atoms with Crippen molar-refractivity contribution < 1.29 is 37.6 Å². The third kappa shape index (κ3) is 8.25. The molecule has 0 aromatic carbocycles. The molecule has 1 aliphatic heterocycles. The molecule has 1 saturated heterocycles. The molecule has 1 saturated carbocycles. The lowest BCUT2D eigenvalue weighted by atomic mass is 9.92. The van der Waals surface area contributed by atoms with Crippen LogP contribution in [-0.4, -0.2) is 85.5 Å². The van der Waals surface area contributed by atoms with Crippen LogP contribution in [0.15, 0.2) is 0 Å². The second-order valence-electron chi connectivity index (χ2n) is 8.20. The van der Waals surface area contributed by atoms with Crippen molar-refractivity contribution in [2.24, 2.45) is 0 Å². The maximum absolute atomic E-state index is 13.8. The van der Waals surface area contributed by atoms with Crippen molar-refractivity contribution in [2.45, 2.75) is 69.9 Å². The Kier molecular flexibility index (Phi) is 7.79. The van der Waals surface area contributed by atoms with Crippen molar-refractivity contribution in [1.82, 2.24) is 4.90 Å². The fourth-order valence-corrected chi connectivity index (χ4v) is 2.61. The van der Waals surface area contributed by atoms with Crippen molar-refractivity contribution in [3.8, 4) is 0 Å². The van der Waals surface area contributed by atoms with E-state index in [1.165, 1.54) is 4.90 Å². The molecule has 9 heteroatoms. The van der Waals surface area contributed by atoms with Gasteiger partial charge in [-0.2, -0.15) is 0 Å². The fraction of sp³-hybridized carbons (Fsp3) is 0.944. The van der Waals surface area contributed by atoms with E-state index >= 15 is 0 Å². The summed E-state index contributed by atoms with van der Waals surface area (Å²) < 4.78 is 48.3. The Balaban J connectivity index is 1.47. The molecule has 1 heterocycles. The number of likely N-dealkylation sites (tertiary alicyclic amines) is 1. The Hall–Kier alpha value is -1.03. The highest BCUT2D eigenvalue weighted by molar-refractivity contribution is 5.69. The quantitative estimate of drug-likeness (QED) is 0.572. The van der Waals surface area contributed by atoms with Gasteiger partial charge >= 0.3 is 6.09 Å². The topological polar surface area (TPSA) is 77.5 Å². The summed E-state index contributed by atoms with van der Waals surface area (Å²) in [6.07, 6.45) is 0.753. The third-order valence-corrected chi connectivity index (χ3v) is 4.20. The Morgan fingerprint density at radius 1 is 1.07 bits per heavy atom. The van der Waals surface area contributed by atoms with E-state index in [1.807, 2.05) is 0 Å². The molecule has 1 aliphatic carbocycles. The summed E-state index contributed by atoms with van der Waals surface area (Å²) in [5.74, 6) is -3.08. The number of alkyl halides is 2. The van der Waals surface area contributed by atoms with Gasteiger partial charge in [0.15, 0.2) is 0 Å². The molecule has 0 bridgehead atoms. The number of carbonyl (C=O) groups excluding carboxylic acids is 1. The summed E-state index contributed by atoms with van der Waals surface area (Å²) in [5.41, 5.74) is -0.586. The standard InChI is InChI=1S/C18H31F2NO6/c1-17(2,3)27-16(23)21-9-15(10-21)26-12-18(19,20)11-24-5-4-6-25-14-7-13(22)8-14/h13-15,22H,4-12H2,1-3H3/t13-,14+. The first-order valence-corrected chi connectivity index (χ1v) is 9.39. The van der Waals surface area contributed by atoms with Gasteiger partial charge in [-0.05, 0) is 40.0 Å². The maximum atomic E-state index is 13.8. The molecule has 2 aliphatic rings. The molecule has 7 nitrogen and oxygen atoms in total. The van der Waals surface area contributed by atoms with Crippen molar-refractivity contribution >= 4 is 6.09 Å². The van der Waals surface area contributed by atoms with Crippen LogP contribution in [0.3, 0.4) is 0 Å². The van der Waals surface area contributed by atoms with Gasteiger partial charge in [-0.1, -0.05) is 0 Å². The van der Waals surface area contributed by atoms with Gasteiger partial charge in [-0.3, -0.25) is 0 Å². The molecule has 0 unspecified atom stereocenters. The van der Waals surface area contributed by atoms with Crippen molar-refractivity contribution in [3.05, 3.63) is 0 Å². The lowest BCUT2D eigenvalue weighted by Crippen LogP contribution is -2.56. The van der Waals surface area contributed by atoms with E-state index in [9.17, 15) is 13.6 Å². The van der Waals surface area contributed by atoms with Gasteiger partial charge in [-0.25, -0.2) is 13.6 Å². The molecule has 0 aromatic heterocycles. The van der Waals surface area contributed by atoms with Crippen LogP contribution in [0, 0.1) is 0 Å². The largest absolute Gasteiger partial charge is 0.444 e. The molecular formula is C18H31F2NO6. The average molecular weight is 395 g/mol. The Labute approximate surface area is 158 Å². The monoisotopic (exact) mass is 395 g/mol. The van der Waals surface area contributed by atoms with Crippen LogP contribution >= 0.6 is 0 Å². The number of aliphatic hydroxyl groups is 1. The molecule has 27 heavy (non-hydrogen) atoms. The predicted molar refractivity (Wildman–Crippen MR) is 92.9 cm³/mol. The zero-order chi connectivity index (χ0) is 20.1. The summed E-state index contributed by atoms with van der Waals surface area (Å²) in [4.78, 5) is 13.2. The highest BCUT2D eigenvalue weighted by Gasteiger charge is 2.37. The smallest absolute Gasteiger partial charge is 0.410 e. The molecule has 0 spiro atoms. The zero-order valence-corrected chi connectivity index (χ0v) is 16.3. The molecule has 0 aromatic rings. The SMILES string of the molecule is CC(C)(C)OC(=O)N1CC(OCC(F)(F)COCCCO[C@H]2C[C@@H](O)C2)C1. The predicted octanol–water partition coefficient (Wildman–Crippen LogP) is 2.20. The van der Waals surface area contributed by atoms with Gasteiger partial charge in [0.1, 0.15) is 18.8 Å². The van der Waals surface area contributed by atoms with Crippen LogP contribution in [-0.2, 0) is 18.9 Å². The van der Waals surface area contributed by atoms with Crippen molar-refractivity contribution in [1.29, 1.82) is 0 Å². The van der Waals surface area contributed by atoms with Gasteiger partial charge in [-0.15, -0.1) is 0 Å². The summed E-state index contributed by atoms with van der Waals surface area (Å²) in [6.45, 7) is 4.96. The van der Waals surface area contributed by atoms with Crippen molar-refractivity contribution in [3.63, 3.8) is 0 Å². The van der Waals surface area contributed by atoms with Crippen LogP contribution in [0.1, 0.15) is 40.0 Å². The molecule has 2 rings (SSSR count). The lowest BCUT2D eigenvalue weighted by molar-refractivity contribution is -0.157. The normalized spacial score (nSPS) is 23.7. The van der Waals surface area contributed by atoms with Crippen LogP contribution in [0.4, 0.5) is 13.6 Å². The number of amides is 1. The summed E-state index contributed by atoms with van der Waals surface area (Å²) in [5, 5.41) is 9.12. The number of carbonyl (C=O) groups is 1. The number of rotatable bonds is 10. The molecule has 1 N–H and O–H groups in total. The van der Waals surface area contributed by atoms with Crippen molar-refractivity contribution in [2.75, 3.05) is 39.5 Å². The minimum atomic E-state index is -3.08. The van der Waals surface area contributed by atoms with Crippen LogP contribution in [0.25, 0.3) is 0 Å². The second-order valence-corrected chi connectivity index (χ2v) is 8.20. The summed E-state index contributed by atoms with van der Waals surface area (Å²) in [7, 11) is 0. The van der Waals surface area contributed by atoms with Gasteiger partial charge < -0.3 is 29.0 Å². The third-order valence-electron chi connectivity index (χ3n) is 4.20. The number of nitrogens with zero attached hydrogens (tertiary/aromatic N) is 1. The highest BCUT2D eigenvalue weighted by atomic mass is 19.3. The average Bonchev–Trinajstić information content (AvgIpc) is 2.44. The minimum Gasteiger partial charge on any atom is -0.444 e. The minimum absolute atomic E-state index is 0.0811. The maximum Gasteiger partial charge on any atom is 0.410 e. The molecule has 0 radical (unpaired) electrons. The molecule has 0 atom stereocenters. The van der Waals surface area contributed by atoms with Gasteiger partial charge in [0.25, 0.3) is 5.92 Å². The van der Waals surface area contributed by atoms with E-state index < -0.39 is 36.9 Å². The van der Waals surface area contributed by atoms with E-state index in [2.05, 4.69) is 0 Å². The highest BCUT2D eigenvalue weighted by Crippen LogP contribution is 2.23. The first-order valence-electron chi connectivity index (χ1n) is 9.39. The van der Waals surface area contributed by atoms with Gasteiger partial charge in [0.05, 0.1) is 31.4 Å². The summed E-state index contributed by atoms with van der Waals surface area (Å²) in [6, 6.07) is 0. The van der Waals surface area contributed by atoms with E-state index in [-0.39, 0.29) is 31.9 Å². The van der Waals surface area contributed by atoms with Gasteiger partial charge in [0.2, 0.25) is 0 Å². The molecular weight excluding hydrogens is 364 g/mol. The first-order chi connectivity index (χ1) is 12.5. The zero-order valence-electron chi connectivity index (χ0n) is 16.3. The fourth-order valence-electron chi connectivity index (χ4n) is 2.61. The number of hydrogen-bond donors (Lipinski definition) is 1. The number of hydrogen-bond acceptors (Lipinski definition) is 6. The summed E-state index contributed by atoms with van der Waals surface area (Å²) >= 11 is 0. The molecule has 158 valence electrons. The first kappa shape index (κ1) is 22.3. The number of halogens is 2. The Morgan fingerprint density at radius 3 is 2.33 bits per heavy atom. The lowest BCUT2D eigenvalue weighted by Gasteiger charge is -2.39. The van der Waals surface area contributed by atoms with E-state index in [1.54, 1.807) is 20.8 Å². The molecule has 1 amide bonds. The Bertz CT molecular complexity index is 473. The number of aliphatic hydroxyl groups excluding tert-OH is 1. The second kappa shape index (κ2) is 9.45.